The Hall–Kier alpha value is -1.82. The van der Waals surface area contributed by atoms with Gasteiger partial charge in [0.1, 0.15) is 12.0 Å². The number of rotatable bonds is 2. The first-order valence-corrected chi connectivity index (χ1v) is 5.27. The molecule has 0 aliphatic rings. The third-order valence-corrected chi connectivity index (χ3v) is 2.55. The van der Waals surface area contributed by atoms with Crippen molar-refractivity contribution in [3.63, 3.8) is 0 Å². The highest BCUT2D eigenvalue weighted by Crippen LogP contribution is 2.32. The predicted molar refractivity (Wildman–Crippen MR) is 59.5 cm³/mol. The first kappa shape index (κ1) is 12.6. The van der Waals surface area contributed by atoms with Gasteiger partial charge in [-0.3, -0.25) is 0 Å². The summed E-state index contributed by atoms with van der Waals surface area (Å²) in [5, 5.41) is 3.74. The van der Waals surface area contributed by atoms with Gasteiger partial charge in [-0.05, 0) is 24.6 Å². The molecule has 2 N–H and O–H groups in total. The average Bonchev–Trinajstić information content (AvgIpc) is 2.77. The molecule has 1 aromatic carbocycles. The second kappa shape index (κ2) is 4.45. The lowest BCUT2D eigenvalue weighted by molar-refractivity contribution is -0.137. The average molecular weight is 256 g/mol. The van der Waals surface area contributed by atoms with E-state index in [1.54, 1.807) is 6.92 Å². The SMILES string of the molecule is CC(N)c1nocc1-c1ccc(C(F)(F)F)cc1. The van der Waals surface area contributed by atoms with E-state index >= 15 is 0 Å². The standard InChI is InChI=1S/C12H11F3N2O/c1-7(16)11-10(6-18-17-11)8-2-4-9(5-3-8)12(13,14)15/h2-7H,16H2,1H3. The summed E-state index contributed by atoms with van der Waals surface area (Å²) in [6.07, 6.45) is -2.96. The summed E-state index contributed by atoms with van der Waals surface area (Å²) in [5.74, 6) is 0. The number of benzene rings is 1. The molecule has 0 saturated carbocycles. The Balaban J connectivity index is 2.38. The molecule has 0 aliphatic heterocycles. The summed E-state index contributed by atoms with van der Waals surface area (Å²) < 4.78 is 42.1. The summed E-state index contributed by atoms with van der Waals surface area (Å²) in [6, 6.07) is 4.45. The third-order valence-electron chi connectivity index (χ3n) is 2.55. The molecule has 2 rings (SSSR count). The third kappa shape index (κ3) is 2.38. The largest absolute Gasteiger partial charge is 0.416 e. The van der Waals surface area contributed by atoms with Gasteiger partial charge in [0.15, 0.2) is 0 Å². The lowest BCUT2D eigenvalue weighted by Crippen LogP contribution is -2.07. The van der Waals surface area contributed by atoms with E-state index in [-0.39, 0.29) is 6.04 Å². The summed E-state index contributed by atoms with van der Waals surface area (Å²) in [4.78, 5) is 0. The van der Waals surface area contributed by atoms with Gasteiger partial charge in [0.25, 0.3) is 0 Å². The van der Waals surface area contributed by atoms with Gasteiger partial charge in [-0.15, -0.1) is 0 Å². The minimum atomic E-state index is -4.34. The molecule has 1 heterocycles. The van der Waals surface area contributed by atoms with Gasteiger partial charge in [-0.25, -0.2) is 0 Å². The second-order valence-corrected chi connectivity index (χ2v) is 3.98. The summed E-state index contributed by atoms with van der Waals surface area (Å²) in [7, 11) is 0. The van der Waals surface area contributed by atoms with Crippen LogP contribution in [0.1, 0.15) is 24.2 Å². The highest BCUT2D eigenvalue weighted by Gasteiger charge is 2.30. The van der Waals surface area contributed by atoms with Crippen molar-refractivity contribution in [1.29, 1.82) is 0 Å². The van der Waals surface area contributed by atoms with Gasteiger partial charge in [0.2, 0.25) is 0 Å². The minimum absolute atomic E-state index is 0.346. The smallest absolute Gasteiger partial charge is 0.364 e. The van der Waals surface area contributed by atoms with Gasteiger partial charge in [0.05, 0.1) is 5.56 Å². The molecule has 0 bridgehead atoms. The molecular weight excluding hydrogens is 245 g/mol. The van der Waals surface area contributed by atoms with Crippen LogP contribution in [0, 0.1) is 0 Å². The predicted octanol–water partition coefficient (Wildman–Crippen LogP) is 3.38. The highest BCUT2D eigenvalue weighted by atomic mass is 19.4. The molecule has 0 radical (unpaired) electrons. The van der Waals surface area contributed by atoms with E-state index in [1.165, 1.54) is 18.4 Å². The Labute approximate surface area is 101 Å². The number of aromatic nitrogens is 1. The number of nitrogens with two attached hydrogens (primary N) is 1. The normalized spacial score (nSPS) is 13.6. The van der Waals surface area contributed by atoms with E-state index < -0.39 is 11.7 Å². The molecule has 0 saturated heterocycles. The lowest BCUT2D eigenvalue weighted by atomic mass is 10.0. The Morgan fingerprint density at radius 1 is 1.22 bits per heavy atom. The maximum absolute atomic E-state index is 12.4. The molecule has 0 amide bonds. The van der Waals surface area contributed by atoms with E-state index in [0.717, 1.165) is 12.1 Å². The number of hydrogen-bond donors (Lipinski definition) is 1. The van der Waals surface area contributed by atoms with Crippen molar-refractivity contribution in [2.45, 2.75) is 19.1 Å². The van der Waals surface area contributed by atoms with Gasteiger partial charge < -0.3 is 10.3 Å². The first-order chi connectivity index (χ1) is 8.39. The van der Waals surface area contributed by atoms with Crippen LogP contribution in [0.2, 0.25) is 0 Å². The molecule has 0 spiro atoms. The van der Waals surface area contributed by atoms with Crippen molar-refractivity contribution >= 4 is 0 Å². The number of nitrogens with zero attached hydrogens (tertiary/aromatic N) is 1. The van der Waals surface area contributed by atoms with Crippen LogP contribution < -0.4 is 5.73 Å². The molecule has 18 heavy (non-hydrogen) atoms. The van der Waals surface area contributed by atoms with Crippen molar-refractivity contribution in [2.24, 2.45) is 5.73 Å². The van der Waals surface area contributed by atoms with Crippen LogP contribution in [0.25, 0.3) is 11.1 Å². The fourth-order valence-corrected chi connectivity index (χ4v) is 1.63. The molecule has 0 aliphatic carbocycles. The molecule has 6 heteroatoms. The Bertz CT molecular complexity index is 529. The van der Waals surface area contributed by atoms with E-state index in [9.17, 15) is 13.2 Å². The van der Waals surface area contributed by atoms with E-state index in [1.807, 2.05) is 0 Å². The Morgan fingerprint density at radius 3 is 2.33 bits per heavy atom. The molecular formula is C12H11F3N2O. The molecule has 1 unspecified atom stereocenters. The van der Waals surface area contributed by atoms with Crippen LogP contribution in [0.4, 0.5) is 13.2 Å². The Kier molecular flexibility index (Phi) is 3.13. The van der Waals surface area contributed by atoms with E-state index in [2.05, 4.69) is 5.16 Å². The maximum Gasteiger partial charge on any atom is 0.416 e. The quantitative estimate of drug-likeness (QED) is 0.896. The zero-order valence-corrected chi connectivity index (χ0v) is 9.53. The minimum Gasteiger partial charge on any atom is -0.364 e. The second-order valence-electron chi connectivity index (χ2n) is 3.98. The van der Waals surface area contributed by atoms with Crippen LogP contribution >= 0.6 is 0 Å². The van der Waals surface area contributed by atoms with Crippen molar-refractivity contribution < 1.29 is 17.7 Å². The van der Waals surface area contributed by atoms with Gasteiger partial charge in [0, 0.05) is 11.6 Å². The summed E-state index contributed by atoms with van der Waals surface area (Å²) >= 11 is 0. The summed E-state index contributed by atoms with van der Waals surface area (Å²) in [5.41, 5.74) is 6.73. The maximum atomic E-state index is 12.4. The summed E-state index contributed by atoms with van der Waals surface area (Å²) in [6.45, 7) is 1.73. The van der Waals surface area contributed by atoms with Crippen LogP contribution in [-0.2, 0) is 6.18 Å². The topological polar surface area (TPSA) is 52.0 Å². The van der Waals surface area contributed by atoms with Gasteiger partial charge >= 0.3 is 6.18 Å². The van der Waals surface area contributed by atoms with Crippen molar-refractivity contribution in [2.75, 3.05) is 0 Å². The van der Waals surface area contributed by atoms with Crippen LogP contribution in [0.15, 0.2) is 35.1 Å². The van der Waals surface area contributed by atoms with Gasteiger partial charge in [-0.2, -0.15) is 13.2 Å². The fraction of sp³-hybridized carbons (Fsp3) is 0.250. The number of hydrogen-bond acceptors (Lipinski definition) is 3. The van der Waals surface area contributed by atoms with Gasteiger partial charge in [-0.1, -0.05) is 17.3 Å². The molecule has 3 nitrogen and oxygen atoms in total. The van der Waals surface area contributed by atoms with Crippen molar-refractivity contribution in [3.05, 3.63) is 41.8 Å². The molecule has 1 atom stereocenters. The fourth-order valence-electron chi connectivity index (χ4n) is 1.63. The molecule has 96 valence electrons. The lowest BCUT2D eigenvalue weighted by Gasteiger charge is -2.08. The van der Waals surface area contributed by atoms with Crippen molar-refractivity contribution in [3.8, 4) is 11.1 Å². The molecule has 2 aromatic rings. The van der Waals surface area contributed by atoms with Crippen molar-refractivity contribution in [1.82, 2.24) is 5.16 Å². The van der Waals surface area contributed by atoms with Crippen LogP contribution in [-0.4, -0.2) is 5.16 Å². The van der Waals surface area contributed by atoms with Crippen LogP contribution in [0.5, 0.6) is 0 Å². The van der Waals surface area contributed by atoms with E-state index in [0.29, 0.717) is 16.8 Å². The number of alkyl halides is 3. The monoisotopic (exact) mass is 256 g/mol. The molecule has 0 fully saturated rings. The van der Waals surface area contributed by atoms with Crippen LogP contribution in [0.3, 0.4) is 0 Å². The number of halogens is 3. The highest BCUT2D eigenvalue weighted by molar-refractivity contribution is 5.65. The zero-order chi connectivity index (χ0) is 13.3. The first-order valence-electron chi connectivity index (χ1n) is 5.27. The molecule has 1 aromatic heterocycles. The van der Waals surface area contributed by atoms with E-state index in [4.69, 9.17) is 10.3 Å². The zero-order valence-electron chi connectivity index (χ0n) is 9.53. The Morgan fingerprint density at radius 2 is 1.83 bits per heavy atom.